The van der Waals surface area contributed by atoms with Crippen molar-refractivity contribution < 1.29 is 18.0 Å². The van der Waals surface area contributed by atoms with Gasteiger partial charge in [0, 0.05) is 15.4 Å². The van der Waals surface area contributed by atoms with Crippen LogP contribution in [0.3, 0.4) is 0 Å². The van der Waals surface area contributed by atoms with Crippen molar-refractivity contribution in [3.05, 3.63) is 79.6 Å². The van der Waals surface area contributed by atoms with E-state index in [0.29, 0.717) is 15.8 Å². The van der Waals surface area contributed by atoms with Crippen LogP contribution in [0, 0.1) is 0 Å². The molecule has 0 radical (unpaired) electrons. The Morgan fingerprint density at radius 3 is 2.58 bits per heavy atom. The molecule has 0 spiro atoms. The van der Waals surface area contributed by atoms with Crippen molar-refractivity contribution >= 4 is 60.7 Å². The molecule has 1 atom stereocenters. The van der Waals surface area contributed by atoms with Gasteiger partial charge < -0.3 is 5.32 Å². The van der Waals surface area contributed by atoms with Gasteiger partial charge in [-0.1, -0.05) is 39.7 Å². The van der Waals surface area contributed by atoms with E-state index in [2.05, 4.69) is 26.2 Å². The zero-order valence-corrected chi connectivity index (χ0v) is 19.9. The lowest BCUT2D eigenvalue weighted by Gasteiger charge is -2.17. The molecule has 0 aliphatic carbocycles. The molecule has 2 aromatic heterocycles. The number of benzene rings is 2. The van der Waals surface area contributed by atoms with Crippen molar-refractivity contribution in [2.24, 2.45) is 0 Å². The van der Waals surface area contributed by atoms with Crippen molar-refractivity contribution in [3.63, 3.8) is 0 Å². The first-order valence-corrected chi connectivity index (χ1v) is 11.5. The predicted octanol–water partition coefficient (Wildman–Crippen LogP) is 6.76. The summed E-state index contributed by atoms with van der Waals surface area (Å²) in [4.78, 5) is 30.9. The van der Waals surface area contributed by atoms with Gasteiger partial charge in [-0.3, -0.25) is 14.2 Å². The van der Waals surface area contributed by atoms with E-state index in [9.17, 15) is 22.8 Å². The van der Waals surface area contributed by atoms with Crippen LogP contribution in [-0.2, 0) is 11.0 Å². The summed E-state index contributed by atoms with van der Waals surface area (Å²) in [5, 5.41) is 4.51. The Bertz CT molecular complexity index is 1420. The average molecular weight is 557 g/mol. The molecule has 2 heterocycles. The number of carbonyl (C=O) groups excluding carboxylic acids is 1. The second-order valence-electron chi connectivity index (χ2n) is 7.15. The van der Waals surface area contributed by atoms with E-state index in [1.165, 1.54) is 24.6 Å². The summed E-state index contributed by atoms with van der Waals surface area (Å²) < 4.78 is 41.1. The lowest BCUT2D eigenvalue weighted by atomic mass is 10.1. The molecule has 4 aromatic rings. The SMILES string of the molecule is CC(C(=O)Nc1cc(C(F)(F)F)ccc1Cl)n1cnc2scc(-c3ccc(Br)cc3)c2c1=O. The van der Waals surface area contributed by atoms with E-state index in [1.54, 1.807) is 0 Å². The summed E-state index contributed by atoms with van der Waals surface area (Å²) in [7, 11) is 0. The fraction of sp³-hybridized carbons (Fsp3) is 0.136. The number of thiophene rings is 1. The Labute approximate surface area is 203 Å². The molecule has 0 fully saturated rings. The number of carbonyl (C=O) groups is 1. The highest BCUT2D eigenvalue weighted by Gasteiger charge is 2.31. The maximum Gasteiger partial charge on any atom is 0.416 e. The first-order valence-electron chi connectivity index (χ1n) is 9.48. The smallest absolute Gasteiger partial charge is 0.323 e. The van der Waals surface area contributed by atoms with Gasteiger partial charge in [0.05, 0.1) is 28.0 Å². The molecule has 5 nitrogen and oxygen atoms in total. The minimum atomic E-state index is -4.59. The molecule has 4 rings (SSSR count). The quantitative estimate of drug-likeness (QED) is 0.302. The van der Waals surface area contributed by atoms with E-state index >= 15 is 0 Å². The highest BCUT2D eigenvalue weighted by Crippen LogP contribution is 2.34. The number of hydrogen-bond acceptors (Lipinski definition) is 4. The number of nitrogens with one attached hydrogen (secondary N) is 1. The molecular weight excluding hydrogens is 543 g/mol. The number of rotatable bonds is 4. The van der Waals surface area contributed by atoms with E-state index in [4.69, 9.17) is 11.6 Å². The number of halogens is 5. The van der Waals surface area contributed by atoms with Crippen molar-refractivity contribution in [1.82, 2.24) is 9.55 Å². The van der Waals surface area contributed by atoms with Crippen LogP contribution in [0.5, 0.6) is 0 Å². The Morgan fingerprint density at radius 1 is 1.21 bits per heavy atom. The number of aromatic nitrogens is 2. The van der Waals surface area contributed by atoms with Gasteiger partial charge in [-0.2, -0.15) is 13.2 Å². The van der Waals surface area contributed by atoms with Crippen molar-refractivity contribution in [3.8, 4) is 11.1 Å². The van der Waals surface area contributed by atoms with Crippen LogP contribution in [0.25, 0.3) is 21.3 Å². The van der Waals surface area contributed by atoms with Crippen LogP contribution in [0.15, 0.2) is 63.4 Å². The number of anilines is 1. The first-order chi connectivity index (χ1) is 15.6. The predicted molar refractivity (Wildman–Crippen MR) is 127 cm³/mol. The summed E-state index contributed by atoms with van der Waals surface area (Å²) in [5.41, 5.74) is -0.0853. The second-order valence-corrected chi connectivity index (χ2v) is 9.33. The van der Waals surface area contributed by atoms with E-state index in [-0.39, 0.29) is 10.7 Å². The molecule has 1 unspecified atom stereocenters. The van der Waals surface area contributed by atoms with Gasteiger partial charge in [0.15, 0.2) is 0 Å². The highest BCUT2D eigenvalue weighted by molar-refractivity contribution is 9.10. The maximum absolute atomic E-state index is 13.3. The van der Waals surface area contributed by atoms with Gasteiger partial charge >= 0.3 is 6.18 Å². The molecule has 2 aromatic carbocycles. The van der Waals surface area contributed by atoms with Crippen LogP contribution in [0.4, 0.5) is 18.9 Å². The number of nitrogens with zero attached hydrogens (tertiary/aromatic N) is 2. The number of alkyl halides is 3. The highest BCUT2D eigenvalue weighted by atomic mass is 79.9. The Hall–Kier alpha value is -2.69. The molecule has 1 N–H and O–H groups in total. The summed E-state index contributed by atoms with van der Waals surface area (Å²) in [6.45, 7) is 1.46. The molecule has 11 heteroatoms. The van der Waals surface area contributed by atoms with E-state index < -0.39 is 29.2 Å². The molecule has 33 heavy (non-hydrogen) atoms. The summed E-state index contributed by atoms with van der Waals surface area (Å²) >= 11 is 10.6. The number of fused-ring (bicyclic) bond motifs is 1. The van der Waals surface area contributed by atoms with Gasteiger partial charge in [0.2, 0.25) is 5.91 Å². The van der Waals surface area contributed by atoms with Crippen LogP contribution in [-0.4, -0.2) is 15.5 Å². The summed E-state index contributed by atoms with van der Waals surface area (Å²) in [6.07, 6.45) is -3.34. The Morgan fingerprint density at radius 2 is 1.91 bits per heavy atom. The fourth-order valence-electron chi connectivity index (χ4n) is 3.22. The van der Waals surface area contributed by atoms with E-state index in [0.717, 1.165) is 32.8 Å². The third kappa shape index (κ3) is 4.68. The molecule has 1 amide bonds. The van der Waals surface area contributed by atoms with Crippen LogP contribution < -0.4 is 10.9 Å². The van der Waals surface area contributed by atoms with Crippen molar-refractivity contribution in [2.75, 3.05) is 5.32 Å². The van der Waals surface area contributed by atoms with Crippen LogP contribution in [0.2, 0.25) is 5.02 Å². The van der Waals surface area contributed by atoms with Gasteiger partial charge in [0.25, 0.3) is 5.56 Å². The van der Waals surface area contributed by atoms with Gasteiger partial charge in [0.1, 0.15) is 10.9 Å². The lowest BCUT2D eigenvalue weighted by molar-refractivity contribution is -0.137. The summed E-state index contributed by atoms with van der Waals surface area (Å²) in [5.74, 6) is -0.708. The largest absolute Gasteiger partial charge is 0.416 e. The van der Waals surface area contributed by atoms with E-state index in [1.807, 2.05) is 29.6 Å². The first kappa shape index (κ1) is 23.5. The van der Waals surface area contributed by atoms with Crippen LogP contribution >= 0.6 is 38.9 Å². The minimum Gasteiger partial charge on any atom is -0.323 e. The number of amides is 1. The minimum absolute atomic E-state index is 0.0557. The summed E-state index contributed by atoms with van der Waals surface area (Å²) in [6, 6.07) is 8.98. The Kier molecular flexibility index (Phi) is 6.35. The second kappa shape index (κ2) is 8.92. The maximum atomic E-state index is 13.3. The molecule has 0 saturated heterocycles. The molecule has 0 aliphatic rings. The lowest BCUT2D eigenvalue weighted by Crippen LogP contribution is -2.31. The molecule has 0 aliphatic heterocycles. The van der Waals surface area contributed by atoms with Crippen molar-refractivity contribution in [1.29, 1.82) is 0 Å². The fourth-order valence-corrected chi connectivity index (χ4v) is 4.56. The molecule has 0 saturated carbocycles. The molecule has 0 bridgehead atoms. The third-order valence-corrected chi connectivity index (χ3v) is 6.77. The molecular formula is C22H14BrClF3N3O2S. The van der Waals surface area contributed by atoms with Gasteiger partial charge in [-0.15, -0.1) is 11.3 Å². The monoisotopic (exact) mass is 555 g/mol. The third-order valence-electron chi connectivity index (χ3n) is 5.02. The van der Waals surface area contributed by atoms with Crippen LogP contribution in [0.1, 0.15) is 18.5 Å². The van der Waals surface area contributed by atoms with Gasteiger partial charge in [-0.05, 0) is 42.8 Å². The molecule has 170 valence electrons. The average Bonchev–Trinajstić information content (AvgIpc) is 3.20. The van der Waals surface area contributed by atoms with Gasteiger partial charge in [-0.25, -0.2) is 4.98 Å². The zero-order valence-electron chi connectivity index (χ0n) is 16.8. The normalized spacial score (nSPS) is 12.7. The Balaban J connectivity index is 1.69. The standard InChI is InChI=1S/C22H14BrClF3N3O2S/c1-11(19(31)29-17-8-13(22(25,26)27)4-7-16(17)24)30-10-28-20-18(21(30)32)15(9-33-20)12-2-5-14(23)6-3-12/h2-11H,1H3,(H,29,31). The number of hydrogen-bond donors (Lipinski definition) is 1. The topological polar surface area (TPSA) is 64.0 Å². The zero-order chi connectivity index (χ0) is 23.9. The van der Waals surface area contributed by atoms with Crippen molar-refractivity contribution in [2.45, 2.75) is 19.1 Å².